The fourth-order valence-corrected chi connectivity index (χ4v) is 7.32. The lowest BCUT2D eigenvalue weighted by Crippen LogP contribution is -2.69. The number of nitrogens with one attached hydrogen (secondary N) is 2. The van der Waals surface area contributed by atoms with Crippen LogP contribution >= 0.6 is 34.7 Å². The second kappa shape index (κ2) is 13.2. The molecule has 4 heterocycles. The van der Waals surface area contributed by atoms with Crippen LogP contribution in [0, 0.1) is 0 Å². The number of carboxylic acids is 2. The number of hydrogen-bond donors (Lipinski definition) is 7. The van der Waals surface area contributed by atoms with E-state index in [0.29, 0.717) is 21.7 Å². The number of hydrogen-bond acceptors (Lipinski definition) is 16. The van der Waals surface area contributed by atoms with Gasteiger partial charge >= 0.3 is 17.8 Å². The summed E-state index contributed by atoms with van der Waals surface area (Å²) in [5.41, 5.74) is 4.54. The van der Waals surface area contributed by atoms with Crippen molar-refractivity contribution in [3.05, 3.63) is 33.8 Å². The van der Waals surface area contributed by atoms with E-state index in [-0.39, 0.29) is 10.8 Å². The molecule has 2 aromatic rings. The summed E-state index contributed by atoms with van der Waals surface area (Å²) < 4.78 is 0. The smallest absolute Gasteiger partial charge is 0.350 e. The Bertz CT molecular complexity index is 1950. The molecule has 21 nitrogen and oxygen atoms in total. The average molecular weight is 769 g/mol. The number of oxime groups is 1. The van der Waals surface area contributed by atoms with Gasteiger partial charge in [-0.1, -0.05) is 28.5 Å². The number of nitrogens with zero attached hydrogens (tertiary/aromatic N) is 5. The number of phenolic OH excluding ortho intramolecular Hbond substituents is 2. The molecule has 51 heavy (non-hydrogen) atoms. The molecule has 3 aliphatic heterocycles. The number of aliphatic carboxylic acids is 2. The number of nitrogen functional groups attached to an aromatic ring is 1. The number of thioether (sulfide) groups is 1. The number of nitrogens with two attached hydrogens (primary N) is 1. The molecule has 3 aliphatic rings. The van der Waals surface area contributed by atoms with Gasteiger partial charge in [-0.15, -0.1) is 11.3 Å². The van der Waals surface area contributed by atoms with E-state index < -0.39 is 117 Å². The molecule has 0 bridgehead atoms. The Morgan fingerprint density at radius 2 is 1.78 bits per heavy atom. The molecule has 1 aromatic carbocycles. The molecule has 0 aliphatic carbocycles. The first-order chi connectivity index (χ1) is 23.8. The van der Waals surface area contributed by atoms with Crippen LogP contribution < -0.4 is 16.5 Å². The number of benzene rings is 1. The molecule has 0 radical (unpaired) electrons. The first kappa shape index (κ1) is 36.6. The highest BCUT2D eigenvalue weighted by Crippen LogP contribution is 2.49. The van der Waals surface area contributed by atoms with Gasteiger partial charge in [0.1, 0.15) is 30.2 Å². The predicted octanol–water partition coefficient (Wildman–Crippen LogP) is -1.86. The summed E-state index contributed by atoms with van der Waals surface area (Å²) in [5, 5.41) is 45.1. The van der Waals surface area contributed by atoms with Gasteiger partial charge in [-0.25, -0.2) is 19.6 Å². The fraction of sp³-hybridized carbons (Fsp3) is 0.333. The Morgan fingerprint density at radius 1 is 1.10 bits per heavy atom. The lowest BCUT2D eigenvalue weighted by atomic mass is 10.0. The molecule has 8 N–H and O–H groups in total. The molecule has 0 saturated carbocycles. The third-order valence-corrected chi connectivity index (χ3v) is 10.5. The molecule has 0 spiro atoms. The molecule has 3 saturated heterocycles. The number of aromatic nitrogens is 1. The number of halogens is 1. The highest BCUT2D eigenvalue weighted by molar-refractivity contribution is 8.02. The molecular formula is C27H25ClN8O13S2. The first-order valence-corrected chi connectivity index (χ1v) is 16.3. The SMILES string of the molecule is CC(C)(O/N=C(\C(=O)N[C@@H]1C(=O)N2C[C@@](C(=O)O)(N3CC(=O)N(NC(=O)C(=O)c4ccc(O)c(O)c4Cl)CC3=O)S[C@H]12)c1csc(N)n1)C(=O)O. The maximum absolute atomic E-state index is 13.3. The van der Waals surface area contributed by atoms with E-state index in [2.05, 4.69) is 15.5 Å². The molecule has 3 fully saturated rings. The van der Waals surface area contributed by atoms with Gasteiger partial charge in [0.15, 0.2) is 22.3 Å². The second-order valence-electron chi connectivity index (χ2n) is 11.5. The summed E-state index contributed by atoms with van der Waals surface area (Å²) in [6, 6.07) is 0.459. The fourth-order valence-electron chi connectivity index (χ4n) is 4.89. The van der Waals surface area contributed by atoms with Gasteiger partial charge in [0.05, 0.1) is 17.1 Å². The van der Waals surface area contributed by atoms with Crippen LogP contribution in [0.5, 0.6) is 11.5 Å². The number of piperazine rings is 1. The zero-order valence-electron chi connectivity index (χ0n) is 26.0. The lowest BCUT2D eigenvalue weighted by molar-refractivity contribution is -0.165. The van der Waals surface area contributed by atoms with Crippen molar-refractivity contribution >= 4 is 92.8 Å². The minimum atomic E-state index is -2.23. The van der Waals surface area contributed by atoms with Crippen molar-refractivity contribution in [2.75, 3.05) is 25.4 Å². The van der Waals surface area contributed by atoms with Crippen LogP contribution in [0.15, 0.2) is 22.7 Å². The number of hydrazine groups is 1. The Kier molecular flexibility index (Phi) is 9.49. The van der Waals surface area contributed by atoms with E-state index in [9.17, 15) is 58.8 Å². The summed E-state index contributed by atoms with van der Waals surface area (Å²) in [7, 11) is 0. The van der Waals surface area contributed by atoms with Crippen molar-refractivity contribution in [3.63, 3.8) is 0 Å². The number of carboxylic acid groups (broad SMARTS) is 2. The van der Waals surface area contributed by atoms with Gasteiger partial charge in [-0.05, 0) is 26.0 Å². The number of carbonyl (C=O) groups is 8. The molecule has 5 amide bonds. The number of fused-ring (bicyclic) bond motifs is 1. The monoisotopic (exact) mass is 768 g/mol. The molecule has 24 heteroatoms. The lowest BCUT2D eigenvalue weighted by Gasteiger charge is -2.41. The van der Waals surface area contributed by atoms with Crippen molar-refractivity contribution in [3.8, 4) is 11.5 Å². The topological polar surface area (TPSA) is 312 Å². The number of carbonyl (C=O) groups excluding carboxylic acids is 6. The third kappa shape index (κ3) is 6.52. The second-order valence-corrected chi connectivity index (χ2v) is 14.1. The van der Waals surface area contributed by atoms with E-state index in [1.165, 1.54) is 5.38 Å². The number of rotatable bonds is 11. The zero-order valence-corrected chi connectivity index (χ0v) is 28.4. The molecule has 3 atom stereocenters. The van der Waals surface area contributed by atoms with E-state index in [1.54, 1.807) is 0 Å². The maximum Gasteiger partial charge on any atom is 0.350 e. The first-order valence-electron chi connectivity index (χ1n) is 14.2. The summed E-state index contributed by atoms with van der Waals surface area (Å²) in [6.07, 6.45) is 0. The number of anilines is 1. The Labute approximate surface area is 297 Å². The van der Waals surface area contributed by atoms with E-state index in [0.717, 1.165) is 42.2 Å². The number of β-lactam (4-membered cyclic amide) rings is 1. The van der Waals surface area contributed by atoms with Gasteiger partial charge in [0.25, 0.3) is 17.6 Å². The van der Waals surface area contributed by atoms with Crippen LogP contribution in [0.3, 0.4) is 0 Å². The van der Waals surface area contributed by atoms with Crippen molar-refractivity contribution in [1.82, 2.24) is 30.5 Å². The van der Waals surface area contributed by atoms with E-state index >= 15 is 0 Å². The highest BCUT2D eigenvalue weighted by atomic mass is 35.5. The van der Waals surface area contributed by atoms with Crippen LogP contribution in [0.2, 0.25) is 5.02 Å². The third-order valence-electron chi connectivity index (χ3n) is 7.73. The summed E-state index contributed by atoms with van der Waals surface area (Å²) in [5.74, 6) is -11.2. The number of phenols is 2. The number of ketones is 1. The zero-order chi connectivity index (χ0) is 37.7. The Hall–Kier alpha value is -5.68. The van der Waals surface area contributed by atoms with Crippen molar-refractivity contribution in [2.45, 2.75) is 35.7 Å². The van der Waals surface area contributed by atoms with Crippen LogP contribution in [0.4, 0.5) is 5.13 Å². The van der Waals surface area contributed by atoms with Gasteiger partial charge in [-0.2, -0.15) is 0 Å². The Morgan fingerprint density at radius 3 is 2.39 bits per heavy atom. The van der Waals surface area contributed by atoms with Crippen molar-refractivity contribution in [1.29, 1.82) is 0 Å². The van der Waals surface area contributed by atoms with Crippen molar-refractivity contribution in [2.24, 2.45) is 5.16 Å². The summed E-state index contributed by atoms with van der Waals surface area (Å²) in [6.45, 7) is -0.119. The van der Waals surface area contributed by atoms with Gasteiger partial charge < -0.3 is 46.1 Å². The predicted molar refractivity (Wildman–Crippen MR) is 172 cm³/mol. The summed E-state index contributed by atoms with van der Waals surface area (Å²) in [4.78, 5) is 111. The number of aromatic hydroxyl groups is 2. The number of amides is 5. The van der Waals surface area contributed by atoms with E-state index in [4.69, 9.17) is 22.2 Å². The number of thiazole rings is 1. The molecule has 1 aromatic heterocycles. The molecular weight excluding hydrogens is 744 g/mol. The van der Waals surface area contributed by atoms with Crippen molar-refractivity contribution < 1.29 is 63.6 Å². The van der Waals surface area contributed by atoms with Crippen LogP contribution in [0.25, 0.3) is 0 Å². The molecule has 270 valence electrons. The van der Waals surface area contributed by atoms with E-state index in [1.807, 2.05) is 5.43 Å². The average Bonchev–Trinajstić information content (AvgIpc) is 3.66. The van der Waals surface area contributed by atoms with Crippen LogP contribution in [0.1, 0.15) is 29.9 Å². The van der Waals surface area contributed by atoms with Gasteiger partial charge in [-0.3, -0.25) is 34.2 Å². The standard InChI is InChI=1S/C27H25ClN8O13S2/c1-26(2,23(45)46)49-33-15(10-7-50-25(29)30-10)19(42)31-16-21(44)34-8-27(24(47)48,51-22(16)34)35-5-13(39)36(6-12(35)38)32-20(43)17(40)9-3-4-11(37)18(41)14(9)28/h3-4,7,16,22,37,41H,5-6,8H2,1-2H3,(H2,29,30)(H,31,42)(H,32,43)(H,45,46)(H,47,48)/b33-15-/t16-,22-,27-/m1/s1. The quantitative estimate of drug-likeness (QED) is 0.0329. The highest BCUT2D eigenvalue weighted by Gasteiger charge is 2.66. The van der Waals surface area contributed by atoms with Gasteiger partial charge in [0, 0.05) is 5.38 Å². The Balaban J connectivity index is 1.30. The summed E-state index contributed by atoms with van der Waals surface area (Å²) >= 11 is 7.34. The molecule has 5 rings (SSSR count). The minimum Gasteiger partial charge on any atom is -0.504 e. The minimum absolute atomic E-state index is 0.0268. The largest absolute Gasteiger partial charge is 0.504 e. The number of Topliss-reactive ketones (excluding diaryl/α,β-unsaturated/α-hetero) is 1. The van der Waals surface area contributed by atoms with Crippen LogP contribution in [-0.4, -0.2) is 135 Å². The molecule has 0 unspecified atom stereocenters. The maximum atomic E-state index is 13.3. The normalized spacial score (nSPS) is 21.9. The van der Waals surface area contributed by atoms with Crippen LogP contribution in [-0.2, 0) is 38.4 Å². The van der Waals surface area contributed by atoms with Gasteiger partial charge in [0.2, 0.25) is 22.3 Å².